The average molecular weight is 239 g/mol. The number of likely N-dealkylation sites (tertiary alicyclic amines) is 1. The van der Waals surface area contributed by atoms with Crippen LogP contribution in [0.2, 0.25) is 0 Å². The molecule has 0 spiro atoms. The highest BCUT2D eigenvalue weighted by atomic mass is 16.1. The van der Waals surface area contributed by atoms with Gasteiger partial charge in [0.15, 0.2) is 0 Å². The van der Waals surface area contributed by atoms with Crippen molar-refractivity contribution in [1.82, 2.24) is 10.2 Å². The summed E-state index contributed by atoms with van der Waals surface area (Å²) in [4.78, 5) is 14.2. The van der Waals surface area contributed by atoms with Crippen LogP contribution in [-0.2, 0) is 4.79 Å². The Balaban J connectivity index is 1.70. The maximum Gasteiger partial charge on any atom is 0.220 e. The minimum atomic E-state index is 0.131. The zero-order valence-corrected chi connectivity index (χ0v) is 10.9. The Hall–Kier alpha value is -0.610. The van der Waals surface area contributed by atoms with Gasteiger partial charge in [-0.25, -0.2) is 0 Å². The average Bonchev–Trinajstić information content (AvgIpc) is 2.67. The van der Waals surface area contributed by atoms with Gasteiger partial charge in [-0.15, -0.1) is 0 Å². The lowest BCUT2D eigenvalue weighted by molar-refractivity contribution is -0.124. The molecular weight excluding hydrogens is 214 g/mol. The van der Waals surface area contributed by atoms with Crippen molar-refractivity contribution < 1.29 is 4.79 Å². The maximum absolute atomic E-state index is 11.9. The lowest BCUT2D eigenvalue weighted by Gasteiger charge is -2.40. The van der Waals surface area contributed by atoms with E-state index in [1.165, 1.54) is 19.3 Å². The van der Waals surface area contributed by atoms with Crippen molar-refractivity contribution in [2.24, 2.45) is 11.1 Å². The minimum Gasteiger partial charge on any atom is -0.355 e. The van der Waals surface area contributed by atoms with E-state index in [1.807, 2.05) is 0 Å². The van der Waals surface area contributed by atoms with E-state index in [1.54, 1.807) is 0 Å². The molecule has 2 aliphatic rings. The summed E-state index contributed by atoms with van der Waals surface area (Å²) in [6.45, 7) is 2.62. The van der Waals surface area contributed by atoms with Crippen molar-refractivity contribution in [2.45, 2.75) is 44.6 Å². The summed E-state index contributed by atoms with van der Waals surface area (Å²) in [5, 5.41) is 3.08. The summed E-state index contributed by atoms with van der Waals surface area (Å²) in [7, 11) is 2.14. The molecule has 0 radical (unpaired) electrons. The molecule has 1 saturated carbocycles. The fraction of sp³-hybridized carbons (Fsp3) is 0.923. The molecule has 0 bridgehead atoms. The molecule has 98 valence electrons. The van der Waals surface area contributed by atoms with Gasteiger partial charge < -0.3 is 16.0 Å². The monoisotopic (exact) mass is 239 g/mol. The van der Waals surface area contributed by atoms with Crippen molar-refractivity contribution in [3.05, 3.63) is 0 Å². The van der Waals surface area contributed by atoms with Crippen LogP contribution in [0.1, 0.15) is 38.5 Å². The van der Waals surface area contributed by atoms with Gasteiger partial charge in [-0.2, -0.15) is 0 Å². The molecule has 0 aromatic rings. The van der Waals surface area contributed by atoms with E-state index in [0.717, 1.165) is 25.9 Å². The molecule has 1 aliphatic carbocycles. The van der Waals surface area contributed by atoms with Crippen LogP contribution in [0.4, 0.5) is 0 Å². The van der Waals surface area contributed by atoms with Crippen molar-refractivity contribution in [3.8, 4) is 0 Å². The van der Waals surface area contributed by atoms with Crippen molar-refractivity contribution in [3.63, 3.8) is 0 Å². The van der Waals surface area contributed by atoms with Crippen LogP contribution < -0.4 is 11.1 Å². The van der Waals surface area contributed by atoms with Crippen LogP contribution in [-0.4, -0.2) is 43.5 Å². The minimum absolute atomic E-state index is 0.131. The van der Waals surface area contributed by atoms with E-state index in [4.69, 9.17) is 5.73 Å². The first-order chi connectivity index (χ1) is 8.15. The molecule has 1 amide bonds. The topological polar surface area (TPSA) is 58.4 Å². The molecule has 1 saturated heterocycles. The number of hydrogen-bond donors (Lipinski definition) is 2. The van der Waals surface area contributed by atoms with Gasteiger partial charge in [-0.05, 0) is 51.2 Å². The SMILES string of the molecule is CN1CCCC1CNC(=O)CC1(CN)CCC1. The zero-order chi connectivity index (χ0) is 12.3. The Labute approximate surface area is 104 Å². The van der Waals surface area contributed by atoms with Crippen LogP contribution in [0, 0.1) is 5.41 Å². The van der Waals surface area contributed by atoms with E-state index in [2.05, 4.69) is 17.3 Å². The third-order valence-electron chi connectivity index (χ3n) is 4.59. The van der Waals surface area contributed by atoms with Gasteiger partial charge in [0.05, 0.1) is 0 Å². The number of carbonyl (C=O) groups is 1. The van der Waals surface area contributed by atoms with Gasteiger partial charge in [0.1, 0.15) is 0 Å². The van der Waals surface area contributed by atoms with E-state index in [9.17, 15) is 4.79 Å². The fourth-order valence-electron chi connectivity index (χ4n) is 3.00. The van der Waals surface area contributed by atoms with E-state index < -0.39 is 0 Å². The smallest absolute Gasteiger partial charge is 0.220 e. The summed E-state index contributed by atoms with van der Waals surface area (Å²) in [5.74, 6) is 0.190. The number of amides is 1. The Morgan fingerprint density at radius 3 is 2.71 bits per heavy atom. The number of nitrogens with two attached hydrogens (primary N) is 1. The Morgan fingerprint density at radius 1 is 1.47 bits per heavy atom. The molecule has 2 rings (SSSR count). The third-order valence-corrected chi connectivity index (χ3v) is 4.59. The second-order valence-electron chi connectivity index (χ2n) is 5.82. The predicted octanol–water partition coefficient (Wildman–Crippen LogP) is 0.716. The van der Waals surface area contributed by atoms with Gasteiger partial charge in [-0.1, -0.05) is 6.42 Å². The van der Waals surface area contributed by atoms with E-state index >= 15 is 0 Å². The first-order valence-corrected chi connectivity index (χ1v) is 6.82. The lowest BCUT2D eigenvalue weighted by atomic mass is 9.66. The number of carbonyl (C=O) groups excluding carboxylic acids is 1. The predicted molar refractivity (Wildman–Crippen MR) is 68.6 cm³/mol. The summed E-state index contributed by atoms with van der Waals surface area (Å²) < 4.78 is 0. The molecule has 4 nitrogen and oxygen atoms in total. The van der Waals surface area contributed by atoms with Crippen LogP contribution in [0.15, 0.2) is 0 Å². The Kier molecular flexibility index (Phi) is 4.05. The highest BCUT2D eigenvalue weighted by Crippen LogP contribution is 2.42. The van der Waals surface area contributed by atoms with Gasteiger partial charge in [-0.3, -0.25) is 4.79 Å². The molecule has 1 unspecified atom stereocenters. The van der Waals surface area contributed by atoms with Gasteiger partial charge in [0.2, 0.25) is 5.91 Å². The summed E-state index contributed by atoms with van der Waals surface area (Å²) in [5.41, 5.74) is 5.90. The maximum atomic E-state index is 11.9. The second-order valence-corrected chi connectivity index (χ2v) is 5.82. The molecule has 1 atom stereocenters. The van der Waals surface area contributed by atoms with Crippen molar-refractivity contribution in [2.75, 3.05) is 26.7 Å². The number of hydrogen-bond acceptors (Lipinski definition) is 3. The van der Waals surface area contributed by atoms with E-state index in [0.29, 0.717) is 19.0 Å². The first-order valence-electron chi connectivity index (χ1n) is 6.82. The number of nitrogens with one attached hydrogen (secondary N) is 1. The van der Waals surface area contributed by atoms with Gasteiger partial charge >= 0.3 is 0 Å². The van der Waals surface area contributed by atoms with Crippen molar-refractivity contribution in [1.29, 1.82) is 0 Å². The Bertz CT molecular complexity index is 270. The molecule has 0 aromatic heterocycles. The Morgan fingerprint density at radius 2 is 2.24 bits per heavy atom. The highest BCUT2D eigenvalue weighted by molar-refractivity contribution is 5.76. The van der Waals surface area contributed by atoms with Gasteiger partial charge in [0, 0.05) is 19.0 Å². The molecule has 4 heteroatoms. The lowest BCUT2D eigenvalue weighted by Crippen LogP contribution is -2.44. The number of likely N-dealkylation sites (N-methyl/N-ethyl adjacent to an activating group) is 1. The van der Waals surface area contributed by atoms with Crippen LogP contribution in [0.25, 0.3) is 0 Å². The molecular formula is C13H25N3O. The standard InChI is InChI=1S/C13H25N3O/c1-16-7-2-4-11(16)9-15-12(17)8-13(10-14)5-3-6-13/h11H,2-10,14H2,1H3,(H,15,17). The third kappa shape index (κ3) is 2.99. The van der Waals surface area contributed by atoms with Gasteiger partial charge in [0.25, 0.3) is 0 Å². The zero-order valence-electron chi connectivity index (χ0n) is 10.9. The first kappa shape index (κ1) is 12.8. The molecule has 2 fully saturated rings. The quantitative estimate of drug-likeness (QED) is 0.743. The van der Waals surface area contributed by atoms with E-state index in [-0.39, 0.29) is 11.3 Å². The highest BCUT2D eigenvalue weighted by Gasteiger charge is 2.37. The second kappa shape index (κ2) is 5.36. The molecule has 17 heavy (non-hydrogen) atoms. The molecule has 1 aliphatic heterocycles. The van der Waals surface area contributed by atoms with Crippen molar-refractivity contribution >= 4 is 5.91 Å². The summed E-state index contributed by atoms with van der Waals surface area (Å²) in [6, 6.07) is 0.536. The number of rotatable bonds is 5. The normalized spacial score (nSPS) is 27.8. The van der Waals surface area contributed by atoms with Crippen LogP contribution in [0.5, 0.6) is 0 Å². The molecule has 1 heterocycles. The summed E-state index contributed by atoms with van der Waals surface area (Å²) >= 11 is 0. The van der Waals surface area contributed by atoms with Crippen LogP contribution in [0.3, 0.4) is 0 Å². The molecule has 0 aromatic carbocycles. The summed E-state index contributed by atoms with van der Waals surface area (Å²) in [6.07, 6.45) is 6.57. The van der Waals surface area contributed by atoms with Crippen LogP contribution >= 0.6 is 0 Å². The largest absolute Gasteiger partial charge is 0.355 e. The fourth-order valence-corrected chi connectivity index (χ4v) is 3.00. The number of nitrogens with zero attached hydrogens (tertiary/aromatic N) is 1. The molecule has 3 N–H and O–H groups in total.